The Morgan fingerprint density at radius 2 is 2.12 bits per heavy atom. The second-order valence-corrected chi connectivity index (χ2v) is 6.99. The Hall–Kier alpha value is -1.92. The van der Waals surface area contributed by atoms with Crippen LogP contribution in [-0.2, 0) is 17.8 Å². The molecule has 6 nitrogen and oxygen atoms in total. The molecule has 1 aliphatic rings. The molecule has 3 rings (SSSR count). The number of nitrogens with one attached hydrogen (secondary N) is 1. The van der Waals surface area contributed by atoms with Crippen molar-refractivity contribution in [3.05, 3.63) is 47.5 Å². The average Bonchev–Trinajstić information content (AvgIpc) is 3.05. The van der Waals surface area contributed by atoms with Crippen LogP contribution in [0.5, 0.6) is 0 Å². The van der Waals surface area contributed by atoms with Gasteiger partial charge in [0.15, 0.2) is 0 Å². The molecule has 2 aromatic heterocycles. The third-order valence-electron chi connectivity index (χ3n) is 4.63. The fourth-order valence-corrected chi connectivity index (χ4v) is 3.28. The number of hydrogen-bond donors (Lipinski definition) is 1. The second kappa shape index (κ2) is 8.97. The standard InChI is InChI=1S/C18H24ClN5O/c19-17-13-22-24(14-17)9-8-23-6-3-15(4-7-23)12-21-18(25)10-16-2-1-5-20-11-16/h1-2,5,11,13-15H,3-4,6-10,12H2,(H,21,25). The molecule has 3 heterocycles. The Morgan fingerprint density at radius 3 is 2.80 bits per heavy atom. The van der Waals surface area contributed by atoms with E-state index in [1.807, 2.05) is 23.0 Å². The van der Waals surface area contributed by atoms with Crippen molar-refractivity contribution in [3.63, 3.8) is 0 Å². The van der Waals surface area contributed by atoms with E-state index in [1.165, 1.54) is 0 Å². The van der Waals surface area contributed by atoms with Crippen molar-refractivity contribution < 1.29 is 4.79 Å². The van der Waals surface area contributed by atoms with E-state index in [9.17, 15) is 4.79 Å². The van der Waals surface area contributed by atoms with E-state index in [4.69, 9.17) is 11.6 Å². The molecule has 1 aliphatic heterocycles. The van der Waals surface area contributed by atoms with Crippen LogP contribution in [0.15, 0.2) is 36.9 Å². The quantitative estimate of drug-likeness (QED) is 0.819. The zero-order valence-corrected chi connectivity index (χ0v) is 15.0. The molecule has 2 aromatic rings. The van der Waals surface area contributed by atoms with Crippen molar-refractivity contribution in [3.8, 4) is 0 Å². The summed E-state index contributed by atoms with van der Waals surface area (Å²) in [6, 6.07) is 3.79. The fourth-order valence-electron chi connectivity index (χ4n) is 3.13. The van der Waals surface area contributed by atoms with E-state index >= 15 is 0 Å². The molecule has 0 spiro atoms. The van der Waals surface area contributed by atoms with Gasteiger partial charge in [0.25, 0.3) is 0 Å². The number of nitrogens with zero attached hydrogens (tertiary/aromatic N) is 4. The molecule has 0 radical (unpaired) electrons. The van der Waals surface area contributed by atoms with Gasteiger partial charge in [0.1, 0.15) is 0 Å². The molecule has 1 saturated heterocycles. The van der Waals surface area contributed by atoms with Crippen LogP contribution in [0, 0.1) is 5.92 Å². The largest absolute Gasteiger partial charge is 0.356 e. The number of rotatable bonds is 7. The van der Waals surface area contributed by atoms with Crippen LogP contribution in [0.2, 0.25) is 5.02 Å². The first-order chi connectivity index (χ1) is 12.2. The molecule has 25 heavy (non-hydrogen) atoms. The minimum absolute atomic E-state index is 0.0750. The van der Waals surface area contributed by atoms with Crippen molar-refractivity contribution >= 4 is 17.5 Å². The summed E-state index contributed by atoms with van der Waals surface area (Å²) in [6.45, 7) is 4.75. The lowest BCUT2D eigenvalue weighted by molar-refractivity contribution is -0.120. The molecule has 0 bridgehead atoms. The van der Waals surface area contributed by atoms with E-state index in [2.05, 4.69) is 20.3 Å². The molecule has 134 valence electrons. The highest BCUT2D eigenvalue weighted by Gasteiger charge is 2.19. The van der Waals surface area contributed by atoms with Crippen LogP contribution in [0.1, 0.15) is 18.4 Å². The van der Waals surface area contributed by atoms with Crippen LogP contribution < -0.4 is 5.32 Å². The third kappa shape index (κ3) is 5.83. The van der Waals surface area contributed by atoms with Crippen LogP contribution in [-0.4, -0.2) is 51.8 Å². The summed E-state index contributed by atoms with van der Waals surface area (Å²) >= 11 is 5.88. The van der Waals surface area contributed by atoms with Gasteiger partial charge in [0.2, 0.25) is 5.91 Å². The molecule has 1 N–H and O–H groups in total. The molecular formula is C18H24ClN5O. The number of hydrogen-bond acceptors (Lipinski definition) is 4. The number of piperidine rings is 1. The van der Waals surface area contributed by atoms with Crippen molar-refractivity contribution in [2.24, 2.45) is 5.92 Å². The molecule has 7 heteroatoms. The number of aromatic nitrogens is 3. The molecule has 0 atom stereocenters. The normalized spacial score (nSPS) is 16.0. The SMILES string of the molecule is O=C(Cc1cccnc1)NCC1CCN(CCn2cc(Cl)cn2)CC1. The summed E-state index contributed by atoms with van der Waals surface area (Å²) in [4.78, 5) is 18.5. The molecular weight excluding hydrogens is 338 g/mol. The van der Waals surface area contributed by atoms with E-state index in [1.54, 1.807) is 18.6 Å². The van der Waals surface area contributed by atoms with Crippen molar-refractivity contribution in [2.45, 2.75) is 25.8 Å². The highest BCUT2D eigenvalue weighted by Crippen LogP contribution is 2.16. The lowest BCUT2D eigenvalue weighted by atomic mass is 9.96. The lowest BCUT2D eigenvalue weighted by Gasteiger charge is -2.31. The lowest BCUT2D eigenvalue weighted by Crippen LogP contribution is -2.40. The molecule has 0 aromatic carbocycles. The first-order valence-electron chi connectivity index (χ1n) is 8.75. The molecule has 1 amide bonds. The summed E-state index contributed by atoms with van der Waals surface area (Å²) in [7, 11) is 0. The van der Waals surface area contributed by atoms with Gasteiger partial charge in [-0.3, -0.25) is 14.5 Å². The predicted molar refractivity (Wildman–Crippen MR) is 97.4 cm³/mol. The number of halogens is 1. The van der Waals surface area contributed by atoms with E-state index < -0.39 is 0 Å². The van der Waals surface area contributed by atoms with Crippen molar-refractivity contribution in [2.75, 3.05) is 26.2 Å². The minimum atomic E-state index is 0.0750. The van der Waals surface area contributed by atoms with Gasteiger partial charge in [0, 0.05) is 31.7 Å². The van der Waals surface area contributed by atoms with Gasteiger partial charge in [-0.05, 0) is 43.5 Å². The maximum Gasteiger partial charge on any atom is 0.224 e. The molecule has 0 unspecified atom stereocenters. The van der Waals surface area contributed by atoms with E-state index in [-0.39, 0.29) is 5.91 Å². The highest BCUT2D eigenvalue weighted by atomic mass is 35.5. The monoisotopic (exact) mass is 361 g/mol. The zero-order valence-electron chi connectivity index (χ0n) is 14.3. The van der Waals surface area contributed by atoms with E-state index in [0.717, 1.165) is 51.1 Å². The van der Waals surface area contributed by atoms with Gasteiger partial charge < -0.3 is 10.2 Å². The Kier molecular flexibility index (Phi) is 6.42. The zero-order chi connectivity index (χ0) is 17.5. The molecule has 0 saturated carbocycles. The summed E-state index contributed by atoms with van der Waals surface area (Å²) in [5.41, 5.74) is 0.952. The van der Waals surface area contributed by atoms with Gasteiger partial charge in [-0.25, -0.2) is 0 Å². The number of amides is 1. The van der Waals surface area contributed by atoms with Gasteiger partial charge in [0.05, 0.1) is 24.2 Å². The smallest absolute Gasteiger partial charge is 0.224 e. The molecule has 0 aliphatic carbocycles. The summed E-state index contributed by atoms with van der Waals surface area (Å²) < 4.78 is 1.88. The van der Waals surface area contributed by atoms with Crippen LogP contribution in [0.25, 0.3) is 0 Å². The van der Waals surface area contributed by atoms with Crippen LogP contribution >= 0.6 is 11.6 Å². The van der Waals surface area contributed by atoms with E-state index in [0.29, 0.717) is 17.4 Å². The first-order valence-corrected chi connectivity index (χ1v) is 9.13. The first kappa shape index (κ1) is 17.9. The Morgan fingerprint density at radius 1 is 1.28 bits per heavy atom. The summed E-state index contributed by atoms with van der Waals surface area (Å²) in [5.74, 6) is 0.638. The number of carbonyl (C=O) groups is 1. The fraction of sp³-hybridized carbons (Fsp3) is 0.500. The van der Waals surface area contributed by atoms with Crippen molar-refractivity contribution in [1.29, 1.82) is 0 Å². The Balaban J connectivity index is 1.31. The second-order valence-electron chi connectivity index (χ2n) is 6.55. The minimum Gasteiger partial charge on any atom is -0.356 e. The predicted octanol–water partition coefficient (Wildman–Crippen LogP) is 2.00. The topological polar surface area (TPSA) is 63.1 Å². The number of carbonyl (C=O) groups excluding carboxylic acids is 1. The average molecular weight is 362 g/mol. The summed E-state index contributed by atoms with van der Waals surface area (Å²) in [5, 5.41) is 7.95. The van der Waals surface area contributed by atoms with Gasteiger partial charge in [-0.15, -0.1) is 0 Å². The van der Waals surface area contributed by atoms with Gasteiger partial charge in [-0.1, -0.05) is 17.7 Å². The maximum absolute atomic E-state index is 12.0. The highest BCUT2D eigenvalue weighted by molar-refractivity contribution is 6.30. The van der Waals surface area contributed by atoms with Crippen LogP contribution in [0.3, 0.4) is 0 Å². The number of pyridine rings is 1. The van der Waals surface area contributed by atoms with Gasteiger partial charge in [-0.2, -0.15) is 5.10 Å². The summed E-state index contributed by atoms with van der Waals surface area (Å²) in [6.07, 6.45) is 9.62. The Labute approximate surface area is 153 Å². The van der Waals surface area contributed by atoms with Crippen LogP contribution in [0.4, 0.5) is 0 Å². The Bertz CT molecular complexity index is 667. The maximum atomic E-state index is 12.0. The molecule has 1 fully saturated rings. The third-order valence-corrected chi connectivity index (χ3v) is 4.82. The van der Waals surface area contributed by atoms with Crippen molar-refractivity contribution in [1.82, 2.24) is 25.0 Å². The number of likely N-dealkylation sites (tertiary alicyclic amines) is 1. The van der Waals surface area contributed by atoms with Gasteiger partial charge >= 0.3 is 0 Å².